The highest BCUT2D eigenvalue weighted by atomic mass is 32.1. The minimum Gasteiger partial charge on any atom is -0.345 e. The van der Waals surface area contributed by atoms with Crippen LogP contribution >= 0.6 is 11.5 Å². The summed E-state index contributed by atoms with van der Waals surface area (Å²) < 4.78 is 4.55. The lowest BCUT2D eigenvalue weighted by Gasteiger charge is -2.20. The Morgan fingerprint density at radius 3 is 2.71 bits per heavy atom. The third kappa shape index (κ3) is 2.62. The number of para-hydroxylation sites is 2. The van der Waals surface area contributed by atoms with Crippen molar-refractivity contribution in [2.45, 2.75) is 25.2 Å². The molecule has 2 fully saturated rings. The highest BCUT2D eigenvalue weighted by molar-refractivity contribution is 7.09. The molecule has 7 heteroatoms. The van der Waals surface area contributed by atoms with E-state index in [4.69, 9.17) is 9.97 Å². The maximum atomic E-state index is 4.76. The van der Waals surface area contributed by atoms with E-state index in [0.29, 0.717) is 5.92 Å². The van der Waals surface area contributed by atoms with Crippen LogP contribution in [0.15, 0.2) is 24.3 Å². The van der Waals surface area contributed by atoms with Crippen molar-refractivity contribution in [3.63, 3.8) is 0 Å². The fourth-order valence-corrected chi connectivity index (χ4v) is 4.07. The molecule has 1 N–H and O–H groups in total. The molecule has 5 rings (SSSR count). The van der Waals surface area contributed by atoms with E-state index in [9.17, 15) is 0 Å². The van der Waals surface area contributed by atoms with Gasteiger partial charge in [0, 0.05) is 43.6 Å². The molecule has 0 radical (unpaired) electrons. The van der Waals surface area contributed by atoms with Gasteiger partial charge in [-0.25, -0.2) is 9.97 Å². The molecule has 1 saturated carbocycles. The summed E-state index contributed by atoms with van der Waals surface area (Å²) in [5.74, 6) is 2.68. The molecule has 1 aromatic carbocycles. The molecule has 0 spiro atoms. The number of rotatable bonds is 3. The third-order valence-corrected chi connectivity index (χ3v) is 5.61. The average molecular weight is 340 g/mol. The van der Waals surface area contributed by atoms with Gasteiger partial charge >= 0.3 is 0 Å². The van der Waals surface area contributed by atoms with Crippen LogP contribution in [0.25, 0.3) is 11.0 Å². The standard InChI is InChI=1S/C17H20N6S/c1-2-5-14-13(4-1)18-16(19-14)22-8-3-9-23(11-10-22)17-20-15(21-24-17)12-6-7-12/h1-2,4-5,12H,3,6-11H2,(H,18,19). The first-order chi connectivity index (χ1) is 11.9. The van der Waals surface area contributed by atoms with Crippen LogP contribution in [0.1, 0.15) is 31.0 Å². The number of imidazole rings is 1. The number of hydrogen-bond acceptors (Lipinski definition) is 6. The monoisotopic (exact) mass is 340 g/mol. The van der Waals surface area contributed by atoms with Crippen molar-refractivity contribution in [3.8, 4) is 0 Å². The number of nitrogens with zero attached hydrogens (tertiary/aromatic N) is 5. The number of benzene rings is 1. The Kier molecular flexibility index (Phi) is 3.40. The van der Waals surface area contributed by atoms with Crippen molar-refractivity contribution < 1.29 is 0 Å². The molecule has 1 aliphatic carbocycles. The van der Waals surface area contributed by atoms with E-state index in [0.717, 1.165) is 60.5 Å². The molecular formula is C17H20N6S. The van der Waals surface area contributed by atoms with E-state index in [-0.39, 0.29) is 0 Å². The molecule has 1 aliphatic heterocycles. The van der Waals surface area contributed by atoms with Crippen molar-refractivity contribution >= 4 is 33.6 Å². The summed E-state index contributed by atoms with van der Waals surface area (Å²) in [4.78, 5) is 17.7. The predicted molar refractivity (Wildman–Crippen MR) is 97.0 cm³/mol. The van der Waals surface area contributed by atoms with Crippen LogP contribution in [0.2, 0.25) is 0 Å². The highest BCUT2D eigenvalue weighted by Gasteiger charge is 2.29. The molecule has 0 bridgehead atoms. The average Bonchev–Trinajstić information content (AvgIpc) is 3.27. The van der Waals surface area contributed by atoms with Gasteiger partial charge in [0.05, 0.1) is 11.0 Å². The maximum absolute atomic E-state index is 4.76. The molecule has 3 heterocycles. The van der Waals surface area contributed by atoms with E-state index >= 15 is 0 Å². The van der Waals surface area contributed by atoms with Crippen LogP contribution < -0.4 is 9.80 Å². The van der Waals surface area contributed by atoms with E-state index in [2.05, 4.69) is 31.3 Å². The Hall–Kier alpha value is -2.15. The third-order valence-electron chi connectivity index (χ3n) is 4.82. The lowest BCUT2D eigenvalue weighted by molar-refractivity contribution is 0.790. The largest absolute Gasteiger partial charge is 0.345 e. The zero-order valence-corrected chi connectivity index (χ0v) is 14.3. The number of hydrogen-bond donors (Lipinski definition) is 1. The van der Waals surface area contributed by atoms with Gasteiger partial charge in [-0.3, -0.25) is 0 Å². The minimum atomic E-state index is 0.633. The SMILES string of the molecule is c1ccc2[nH]c(N3CCCN(c4nc(C5CC5)ns4)CC3)nc2c1. The molecule has 2 aliphatic rings. The number of aromatic amines is 1. The second-order valence-corrected chi connectivity index (χ2v) is 7.34. The summed E-state index contributed by atoms with van der Waals surface area (Å²) in [5, 5.41) is 1.09. The van der Waals surface area contributed by atoms with Gasteiger partial charge in [-0.15, -0.1) is 0 Å². The number of H-pyrrole nitrogens is 1. The Morgan fingerprint density at radius 1 is 1.00 bits per heavy atom. The van der Waals surface area contributed by atoms with Gasteiger partial charge < -0.3 is 14.8 Å². The summed E-state index contributed by atoms with van der Waals surface area (Å²) in [7, 11) is 0. The molecular weight excluding hydrogens is 320 g/mol. The Morgan fingerprint density at radius 2 is 1.83 bits per heavy atom. The van der Waals surface area contributed by atoms with Crippen molar-refractivity contribution in [2.75, 3.05) is 36.0 Å². The van der Waals surface area contributed by atoms with Crippen molar-refractivity contribution in [1.29, 1.82) is 0 Å². The molecule has 2 aromatic heterocycles. The van der Waals surface area contributed by atoms with Gasteiger partial charge in [0.2, 0.25) is 11.1 Å². The Labute approximate surface area is 144 Å². The van der Waals surface area contributed by atoms with E-state index in [1.165, 1.54) is 12.8 Å². The zero-order valence-electron chi connectivity index (χ0n) is 13.5. The summed E-state index contributed by atoms with van der Waals surface area (Å²) >= 11 is 1.56. The number of aromatic nitrogens is 4. The molecule has 124 valence electrons. The summed E-state index contributed by atoms with van der Waals surface area (Å²) in [6, 6.07) is 8.21. The van der Waals surface area contributed by atoms with E-state index < -0.39 is 0 Å². The quantitative estimate of drug-likeness (QED) is 0.794. The summed E-state index contributed by atoms with van der Waals surface area (Å²) in [6.45, 7) is 3.98. The van der Waals surface area contributed by atoms with Crippen LogP contribution in [-0.2, 0) is 0 Å². The number of anilines is 2. The minimum absolute atomic E-state index is 0.633. The molecule has 0 unspecified atom stereocenters. The van der Waals surface area contributed by atoms with Crippen molar-refractivity contribution in [3.05, 3.63) is 30.1 Å². The molecule has 0 atom stereocenters. The van der Waals surface area contributed by atoms with Crippen LogP contribution in [0.3, 0.4) is 0 Å². The molecule has 0 amide bonds. The highest BCUT2D eigenvalue weighted by Crippen LogP contribution is 2.39. The van der Waals surface area contributed by atoms with Gasteiger partial charge in [0.15, 0.2) is 0 Å². The first-order valence-electron chi connectivity index (χ1n) is 8.65. The maximum Gasteiger partial charge on any atom is 0.205 e. The fraction of sp³-hybridized carbons (Fsp3) is 0.471. The Bertz CT molecular complexity index is 819. The lowest BCUT2D eigenvalue weighted by Crippen LogP contribution is -2.31. The zero-order chi connectivity index (χ0) is 15.9. The second-order valence-electron chi connectivity index (χ2n) is 6.61. The van der Waals surface area contributed by atoms with Gasteiger partial charge in [-0.1, -0.05) is 12.1 Å². The number of fused-ring (bicyclic) bond motifs is 1. The predicted octanol–water partition coefficient (Wildman–Crippen LogP) is 3.01. The van der Waals surface area contributed by atoms with Crippen molar-refractivity contribution in [1.82, 2.24) is 19.3 Å². The molecule has 1 saturated heterocycles. The Balaban J connectivity index is 1.32. The molecule has 3 aromatic rings. The van der Waals surface area contributed by atoms with Crippen LogP contribution in [-0.4, -0.2) is 45.5 Å². The van der Waals surface area contributed by atoms with Gasteiger partial charge in [0.1, 0.15) is 5.82 Å². The second kappa shape index (κ2) is 5.73. The molecule has 24 heavy (non-hydrogen) atoms. The normalized spacial score (nSPS) is 19.0. The van der Waals surface area contributed by atoms with Crippen molar-refractivity contribution in [2.24, 2.45) is 0 Å². The summed E-state index contributed by atoms with van der Waals surface area (Å²) in [5.41, 5.74) is 2.14. The van der Waals surface area contributed by atoms with Crippen LogP contribution in [0.4, 0.5) is 11.1 Å². The lowest BCUT2D eigenvalue weighted by atomic mass is 10.3. The topological polar surface area (TPSA) is 60.9 Å². The fourth-order valence-electron chi connectivity index (χ4n) is 3.27. The van der Waals surface area contributed by atoms with Crippen LogP contribution in [0, 0.1) is 0 Å². The van der Waals surface area contributed by atoms with Gasteiger partial charge in [0.25, 0.3) is 0 Å². The summed E-state index contributed by atoms with van der Waals surface area (Å²) in [6.07, 6.45) is 3.63. The van der Waals surface area contributed by atoms with E-state index in [1.807, 2.05) is 12.1 Å². The van der Waals surface area contributed by atoms with Crippen LogP contribution in [0.5, 0.6) is 0 Å². The van der Waals surface area contributed by atoms with E-state index in [1.54, 1.807) is 11.5 Å². The van der Waals surface area contributed by atoms with Gasteiger partial charge in [-0.2, -0.15) is 4.37 Å². The first kappa shape index (κ1) is 14.2. The molecule has 6 nitrogen and oxygen atoms in total. The number of nitrogens with one attached hydrogen (secondary N) is 1. The van der Waals surface area contributed by atoms with Gasteiger partial charge in [-0.05, 0) is 31.4 Å². The first-order valence-corrected chi connectivity index (χ1v) is 9.42. The smallest absolute Gasteiger partial charge is 0.205 e.